The van der Waals surface area contributed by atoms with Crippen molar-refractivity contribution >= 4 is 15.9 Å². The van der Waals surface area contributed by atoms with Gasteiger partial charge in [-0.3, -0.25) is 9.67 Å². The molecule has 2 aromatic heterocycles. The highest BCUT2D eigenvalue weighted by Crippen LogP contribution is 2.35. The molecule has 3 nitrogen and oxygen atoms in total. The number of pyridine rings is 1. The summed E-state index contributed by atoms with van der Waals surface area (Å²) < 4.78 is 40.9. The van der Waals surface area contributed by atoms with Crippen molar-refractivity contribution in [2.24, 2.45) is 7.05 Å². The summed E-state index contributed by atoms with van der Waals surface area (Å²) in [5.41, 5.74) is 1.63. The first-order valence-corrected chi connectivity index (χ1v) is 6.67. The van der Waals surface area contributed by atoms with Gasteiger partial charge in [0.15, 0.2) is 0 Å². The van der Waals surface area contributed by atoms with Crippen LogP contribution >= 0.6 is 15.9 Å². The van der Waals surface area contributed by atoms with Crippen LogP contribution in [-0.2, 0) is 13.2 Å². The summed E-state index contributed by atoms with van der Waals surface area (Å²) >= 11 is 3.38. The topological polar surface area (TPSA) is 30.7 Å². The van der Waals surface area contributed by atoms with E-state index >= 15 is 0 Å². The van der Waals surface area contributed by atoms with Crippen LogP contribution in [0, 0.1) is 20.8 Å². The van der Waals surface area contributed by atoms with Crippen molar-refractivity contribution in [2.45, 2.75) is 34.4 Å². The summed E-state index contributed by atoms with van der Waals surface area (Å²) in [5, 5.41) is 4.30. The van der Waals surface area contributed by atoms with Crippen molar-refractivity contribution in [3.63, 3.8) is 0 Å². The van der Waals surface area contributed by atoms with Crippen molar-refractivity contribution in [1.29, 1.82) is 0 Å². The smallest absolute Gasteiger partial charge is 0.261 e. The van der Waals surface area contributed by atoms with Crippen molar-refractivity contribution < 1.29 is 13.2 Å². The molecule has 2 rings (SSSR count). The van der Waals surface area contributed by atoms with E-state index in [1.807, 2.05) is 6.92 Å². The standard InChI is InChI=1S/C13H13BrF3N3.CH4/c1-6-5-9(13(15,16)17)8(3)18-10(6)11-7(2)12(14)20(4)19-11;/h5H,1-4H3;1H4. The zero-order chi connectivity index (χ0) is 15.2. The van der Waals surface area contributed by atoms with E-state index in [1.165, 1.54) is 6.92 Å². The van der Waals surface area contributed by atoms with Gasteiger partial charge in [0.1, 0.15) is 10.3 Å². The molecule has 2 aromatic rings. The molecule has 0 aliphatic heterocycles. The summed E-state index contributed by atoms with van der Waals surface area (Å²) in [7, 11) is 1.76. The Bertz CT molecular complexity index is 675. The number of nitrogens with zero attached hydrogens (tertiary/aromatic N) is 3. The molecule has 0 N–H and O–H groups in total. The maximum absolute atomic E-state index is 12.8. The Morgan fingerprint density at radius 3 is 2.14 bits per heavy atom. The number of aromatic nitrogens is 3. The molecule has 116 valence electrons. The maximum Gasteiger partial charge on any atom is 0.418 e. The molecule has 0 saturated carbocycles. The second kappa shape index (κ2) is 5.79. The number of hydrogen-bond donors (Lipinski definition) is 0. The van der Waals surface area contributed by atoms with Crippen LogP contribution in [0.4, 0.5) is 13.2 Å². The van der Waals surface area contributed by atoms with Crippen LogP contribution in [0.1, 0.15) is 29.8 Å². The van der Waals surface area contributed by atoms with Crippen LogP contribution in [0.2, 0.25) is 0 Å². The monoisotopic (exact) mass is 363 g/mol. The van der Waals surface area contributed by atoms with E-state index in [0.29, 0.717) is 17.0 Å². The Labute approximate surface area is 130 Å². The molecule has 0 amide bonds. The third kappa shape index (κ3) is 3.12. The summed E-state index contributed by atoms with van der Waals surface area (Å²) in [6.07, 6.45) is -4.39. The number of rotatable bonds is 1. The third-order valence-electron chi connectivity index (χ3n) is 3.13. The van der Waals surface area contributed by atoms with E-state index < -0.39 is 11.7 Å². The van der Waals surface area contributed by atoms with E-state index in [9.17, 15) is 13.2 Å². The predicted molar refractivity (Wildman–Crippen MR) is 80.1 cm³/mol. The van der Waals surface area contributed by atoms with Crippen LogP contribution in [-0.4, -0.2) is 14.8 Å². The van der Waals surface area contributed by atoms with E-state index in [2.05, 4.69) is 26.0 Å². The highest BCUT2D eigenvalue weighted by Gasteiger charge is 2.34. The molecule has 21 heavy (non-hydrogen) atoms. The second-order valence-electron chi connectivity index (χ2n) is 4.67. The Balaban J connectivity index is 0.00000220. The van der Waals surface area contributed by atoms with Crippen LogP contribution in [0.3, 0.4) is 0 Å². The van der Waals surface area contributed by atoms with E-state index in [0.717, 1.165) is 16.2 Å². The van der Waals surface area contributed by atoms with Gasteiger partial charge in [0.2, 0.25) is 0 Å². The number of halogens is 4. The van der Waals surface area contributed by atoms with Gasteiger partial charge < -0.3 is 0 Å². The zero-order valence-electron chi connectivity index (χ0n) is 11.4. The Morgan fingerprint density at radius 1 is 1.14 bits per heavy atom. The maximum atomic E-state index is 12.8. The fourth-order valence-electron chi connectivity index (χ4n) is 2.07. The summed E-state index contributed by atoms with van der Waals surface area (Å²) in [4.78, 5) is 4.11. The number of alkyl halides is 3. The molecule has 0 aliphatic rings. The summed E-state index contributed by atoms with van der Waals surface area (Å²) in [6, 6.07) is 1.12. The normalized spacial score (nSPS) is 11.4. The van der Waals surface area contributed by atoms with Crippen molar-refractivity contribution in [3.05, 3.63) is 33.1 Å². The van der Waals surface area contributed by atoms with Crippen LogP contribution < -0.4 is 0 Å². The minimum Gasteiger partial charge on any atom is -0.261 e. The van der Waals surface area contributed by atoms with E-state index in [1.54, 1.807) is 18.7 Å². The fraction of sp³-hybridized carbons (Fsp3) is 0.429. The van der Waals surface area contributed by atoms with Crippen LogP contribution in [0.15, 0.2) is 10.7 Å². The van der Waals surface area contributed by atoms with Crippen molar-refractivity contribution in [1.82, 2.24) is 14.8 Å². The molecule has 0 spiro atoms. The van der Waals surface area contributed by atoms with Crippen molar-refractivity contribution in [2.75, 3.05) is 0 Å². The van der Waals surface area contributed by atoms with Gasteiger partial charge >= 0.3 is 6.18 Å². The van der Waals surface area contributed by atoms with Gasteiger partial charge in [0, 0.05) is 12.6 Å². The van der Waals surface area contributed by atoms with E-state index in [-0.39, 0.29) is 13.1 Å². The Morgan fingerprint density at radius 2 is 1.71 bits per heavy atom. The Kier molecular flexibility index (Phi) is 4.87. The first-order chi connectivity index (χ1) is 9.12. The largest absolute Gasteiger partial charge is 0.418 e. The van der Waals surface area contributed by atoms with Crippen LogP contribution in [0.5, 0.6) is 0 Å². The lowest BCUT2D eigenvalue weighted by Crippen LogP contribution is -2.10. The average Bonchev–Trinajstić information content (AvgIpc) is 2.58. The first-order valence-electron chi connectivity index (χ1n) is 5.87. The fourth-order valence-corrected chi connectivity index (χ4v) is 2.33. The lowest BCUT2D eigenvalue weighted by Gasteiger charge is -2.13. The predicted octanol–water partition coefficient (Wildman–Crippen LogP) is 4.82. The molecule has 0 atom stereocenters. The highest BCUT2D eigenvalue weighted by atomic mass is 79.9. The Hall–Kier alpha value is -1.37. The zero-order valence-corrected chi connectivity index (χ0v) is 13.0. The molecule has 0 radical (unpaired) electrons. The SMILES string of the molecule is C.Cc1cc(C(F)(F)F)c(C)nc1-c1nn(C)c(Br)c1C. The van der Waals surface area contributed by atoms with Crippen LogP contribution in [0.25, 0.3) is 11.4 Å². The summed E-state index contributed by atoms with van der Waals surface area (Å²) in [6.45, 7) is 4.82. The van der Waals surface area contributed by atoms with Gasteiger partial charge in [0.25, 0.3) is 0 Å². The average molecular weight is 364 g/mol. The quantitative estimate of drug-likeness (QED) is 0.726. The lowest BCUT2D eigenvalue weighted by molar-refractivity contribution is -0.138. The van der Waals surface area contributed by atoms with Gasteiger partial charge in [-0.05, 0) is 48.3 Å². The molecule has 7 heteroatoms. The first kappa shape index (κ1) is 17.7. The van der Waals surface area contributed by atoms with Gasteiger partial charge in [-0.15, -0.1) is 0 Å². The molecular weight excluding hydrogens is 347 g/mol. The van der Waals surface area contributed by atoms with E-state index in [4.69, 9.17) is 0 Å². The molecule has 0 saturated heterocycles. The van der Waals surface area contributed by atoms with Gasteiger partial charge in [-0.2, -0.15) is 18.3 Å². The second-order valence-corrected chi connectivity index (χ2v) is 5.42. The molecule has 0 fully saturated rings. The van der Waals surface area contributed by atoms with Gasteiger partial charge in [0.05, 0.1) is 17.0 Å². The molecule has 0 aromatic carbocycles. The number of aryl methyl sites for hydroxylation is 3. The van der Waals surface area contributed by atoms with Crippen molar-refractivity contribution in [3.8, 4) is 11.4 Å². The molecular formula is C14H17BrF3N3. The molecule has 0 bridgehead atoms. The lowest BCUT2D eigenvalue weighted by atomic mass is 10.1. The molecule has 2 heterocycles. The molecule has 0 unspecified atom stereocenters. The minimum absolute atomic E-state index is 0. The molecule has 0 aliphatic carbocycles. The summed E-state index contributed by atoms with van der Waals surface area (Å²) in [5.74, 6) is 0. The highest BCUT2D eigenvalue weighted by molar-refractivity contribution is 9.10. The number of hydrogen-bond acceptors (Lipinski definition) is 2. The minimum atomic E-state index is -4.39. The van der Waals surface area contributed by atoms with Gasteiger partial charge in [-0.1, -0.05) is 7.43 Å². The van der Waals surface area contributed by atoms with Gasteiger partial charge in [-0.25, -0.2) is 0 Å². The third-order valence-corrected chi connectivity index (χ3v) is 4.24.